The molecule has 5 aromatic carbocycles. The topological polar surface area (TPSA) is 191 Å². The summed E-state index contributed by atoms with van der Waals surface area (Å²) in [7, 11) is 0. The lowest BCUT2D eigenvalue weighted by Gasteiger charge is -2.21. The zero-order valence-electron chi connectivity index (χ0n) is 47.2. The van der Waals surface area contributed by atoms with Gasteiger partial charge in [0.25, 0.3) is 11.8 Å². The number of nitrogens with two attached hydrogens (primary N) is 1. The molecular formula is C66H81FN6O7. The van der Waals surface area contributed by atoms with Crippen molar-refractivity contribution in [2.75, 3.05) is 47.0 Å². The number of aryl methyl sites for hydroxylation is 2. The molecule has 2 aliphatic rings. The predicted molar refractivity (Wildman–Crippen MR) is 321 cm³/mol. The molecule has 0 bridgehead atoms. The van der Waals surface area contributed by atoms with Gasteiger partial charge in [0.15, 0.2) is 11.6 Å². The molecule has 0 spiro atoms. The van der Waals surface area contributed by atoms with E-state index in [-0.39, 0.29) is 53.5 Å². The van der Waals surface area contributed by atoms with Crippen molar-refractivity contribution in [2.45, 2.75) is 143 Å². The predicted octanol–water partition coefficient (Wildman–Crippen LogP) is 13.2. The van der Waals surface area contributed by atoms with Crippen molar-refractivity contribution in [3.05, 3.63) is 166 Å². The number of nitrogens with zero attached hydrogens (tertiary/aromatic N) is 2. The molecule has 6 N–H and O–H groups in total. The molecule has 13 nitrogen and oxygen atoms in total. The number of rotatable bonds is 29. The zero-order chi connectivity index (χ0) is 57.4. The number of halogens is 1. The van der Waals surface area contributed by atoms with Crippen molar-refractivity contribution >= 4 is 70.2 Å². The number of fused-ring (bicyclic) bond motifs is 2. The Morgan fingerprint density at radius 1 is 0.550 bits per heavy atom. The number of carbonyl (C=O) groups is 6. The van der Waals surface area contributed by atoms with Gasteiger partial charge in [-0.15, -0.1) is 0 Å². The molecule has 0 saturated carbocycles. The molecular weight excluding hydrogens is 1010 g/mol. The molecule has 0 fully saturated rings. The molecule has 2 aliphatic carbocycles. The summed E-state index contributed by atoms with van der Waals surface area (Å²) >= 11 is 0. The molecule has 80 heavy (non-hydrogen) atoms. The monoisotopic (exact) mass is 1090 g/mol. The van der Waals surface area contributed by atoms with Crippen LogP contribution in [0.15, 0.2) is 115 Å². The maximum absolute atomic E-state index is 13.1. The highest BCUT2D eigenvalue weighted by Crippen LogP contribution is 2.34. The van der Waals surface area contributed by atoms with E-state index in [1.54, 1.807) is 12.2 Å². The van der Waals surface area contributed by atoms with Crippen LogP contribution in [0.5, 0.6) is 0 Å². The Morgan fingerprint density at radius 3 is 1.39 bits per heavy atom. The van der Waals surface area contributed by atoms with Crippen LogP contribution >= 0.6 is 0 Å². The lowest BCUT2D eigenvalue weighted by atomic mass is 10.0. The fraction of sp³-hybridized carbons (Fsp3) is 0.394. The van der Waals surface area contributed by atoms with Gasteiger partial charge in [0.05, 0.1) is 23.5 Å². The van der Waals surface area contributed by atoms with E-state index in [1.165, 1.54) is 29.3 Å². The van der Waals surface area contributed by atoms with Crippen LogP contribution in [0.1, 0.15) is 184 Å². The second kappa shape index (κ2) is 31.7. The first-order chi connectivity index (χ1) is 38.7. The molecule has 14 heteroatoms. The van der Waals surface area contributed by atoms with Gasteiger partial charge in [0, 0.05) is 74.4 Å². The Balaban J connectivity index is 0.000000263. The molecule has 2 unspecified atom stereocenters. The number of benzene rings is 5. The average molecular weight is 1090 g/mol. The van der Waals surface area contributed by atoms with Crippen LogP contribution in [0, 0.1) is 5.82 Å². The quantitative estimate of drug-likeness (QED) is 0.0175. The van der Waals surface area contributed by atoms with Crippen molar-refractivity contribution in [3.63, 3.8) is 0 Å². The minimum atomic E-state index is -0.766. The third kappa shape index (κ3) is 18.9. The van der Waals surface area contributed by atoms with Gasteiger partial charge in [0.1, 0.15) is 5.82 Å². The molecule has 3 amide bonds. The van der Waals surface area contributed by atoms with Crippen LogP contribution in [-0.4, -0.2) is 66.5 Å². The number of nitrogens with one attached hydrogen (secondary N) is 3. The van der Waals surface area contributed by atoms with Crippen LogP contribution in [0.4, 0.5) is 27.1 Å². The number of hydrogen-bond donors (Lipinski definition) is 5. The van der Waals surface area contributed by atoms with Crippen LogP contribution in [0.2, 0.25) is 0 Å². The number of anilines is 4. The van der Waals surface area contributed by atoms with Gasteiger partial charge < -0.3 is 36.6 Å². The first-order valence-corrected chi connectivity index (χ1v) is 28.7. The van der Waals surface area contributed by atoms with Gasteiger partial charge in [-0.2, -0.15) is 0 Å². The van der Waals surface area contributed by atoms with Crippen LogP contribution in [0.3, 0.4) is 0 Å². The van der Waals surface area contributed by atoms with E-state index in [0.29, 0.717) is 48.9 Å². The molecule has 0 aromatic heterocycles. The van der Waals surface area contributed by atoms with E-state index in [0.717, 1.165) is 124 Å². The van der Waals surface area contributed by atoms with Gasteiger partial charge in [-0.3, -0.25) is 28.8 Å². The Labute approximate surface area is 472 Å². The Kier molecular flexibility index (Phi) is 24.3. The minimum Gasteiger partial charge on any atom is -0.481 e. The van der Waals surface area contributed by atoms with Crippen molar-refractivity contribution in [1.29, 1.82) is 0 Å². The average Bonchev–Trinajstić information content (AvgIpc) is 4.06. The minimum absolute atomic E-state index is 0.00394. The normalized spacial score (nSPS) is 14.2. The Bertz CT molecular complexity index is 2950. The first kappa shape index (κ1) is 61.3. The van der Waals surface area contributed by atoms with E-state index >= 15 is 0 Å². The third-order valence-electron chi connectivity index (χ3n) is 15.0. The molecule has 0 heterocycles. The zero-order valence-corrected chi connectivity index (χ0v) is 47.2. The summed E-state index contributed by atoms with van der Waals surface area (Å²) in [5, 5.41) is 17.7. The number of nitrogen functional groups attached to an aromatic ring is 1. The van der Waals surface area contributed by atoms with Crippen molar-refractivity contribution in [3.8, 4) is 0 Å². The summed E-state index contributed by atoms with van der Waals surface area (Å²) < 4.78 is 13.1. The summed E-state index contributed by atoms with van der Waals surface area (Å²) in [6.45, 7) is 12.2. The molecule has 0 radical (unpaired) electrons. The second-order valence-electron chi connectivity index (χ2n) is 20.6. The number of carboxylic acids is 1. The summed E-state index contributed by atoms with van der Waals surface area (Å²) in [4.78, 5) is 77.5. The highest BCUT2D eigenvalue weighted by molar-refractivity contribution is 5.97. The van der Waals surface area contributed by atoms with Crippen molar-refractivity contribution < 1.29 is 38.3 Å². The number of allylic oxidation sites excluding steroid dienone is 2. The number of unbranched alkanes of at least 4 members (excludes halogenated alkanes) is 6. The number of hydrogen-bond acceptors (Lipinski definition) is 9. The standard InChI is InChI=1S/C36H43FN4O3.C30H38N2O4/c1-3-41(4-2)29-17-13-26(14-18-29)36(44)40-33-21-15-27-23-25(12-20-31(27)33)11-19-30(42)9-7-5-6-8-10-35(43)39-34-22-16-28(37)24-32(34)38;1-3-32(4-2)25-16-13-23(14-17-25)30(36)31-28-20-15-24-21-22(12-19-27(24)28)11-18-26(33)9-7-5-6-8-10-29(34)35/h11-14,16-20,22-24,33H,3-10,15,21,38H2,1-2H3,(H,39,43)(H,40,44);11-14,16-19,21,28H,3-10,15,20H2,1-2H3,(H,31,36)(H,34,35)/b19-11+;18-11+. The van der Waals surface area contributed by atoms with Gasteiger partial charge in [-0.05, 0) is 191 Å². The molecule has 424 valence electrons. The highest BCUT2D eigenvalue weighted by atomic mass is 19.1. The second-order valence-corrected chi connectivity index (χ2v) is 20.6. The van der Waals surface area contributed by atoms with E-state index in [9.17, 15) is 33.2 Å². The number of aliphatic carboxylic acids is 1. The van der Waals surface area contributed by atoms with E-state index in [1.807, 2.05) is 72.8 Å². The third-order valence-corrected chi connectivity index (χ3v) is 15.0. The summed E-state index contributed by atoms with van der Waals surface area (Å²) in [5.74, 6) is -1.33. The van der Waals surface area contributed by atoms with E-state index < -0.39 is 11.8 Å². The number of carboxylic acid groups (broad SMARTS) is 1. The van der Waals surface area contributed by atoms with Crippen LogP contribution in [-0.2, 0) is 32.0 Å². The maximum Gasteiger partial charge on any atom is 0.303 e. The van der Waals surface area contributed by atoms with E-state index in [2.05, 4.69) is 77.7 Å². The summed E-state index contributed by atoms with van der Waals surface area (Å²) in [6, 6.07) is 31.7. The fourth-order valence-electron chi connectivity index (χ4n) is 10.4. The summed E-state index contributed by atoms with van der Waals surface area (Å²) in [5.41, 5.74) is 16.6. The molecule has 5 aromatic rings. The lowest BCUT2D eigenvalue weighted by Crippen LogP contribution is -2.27. The lowest BCUT2D eigenvalue weighted by molar-refractivity contribution is -0.137. The van der Waals surface area contributed by atoms with Crippen molar-refractivity contribution in [2.24, 2.45) is 0 Å². The molecule has 2 atom stereocenters. The van der Waals surface area contributed by atoms with Crippen molar-refractivity contribution in [1.82, 2.24) is 10.6 Å². The number of carbonyl (C=O) groups excluding carboxylic acids is 5. The fourth-order valence-corrected chi connectivity index (χ4v) is 10.4. The van der Waals surface area contributed by atoms with Gasteiger partial charge in [0.2, 0.25) is 5.91 Å². The van der Waals surface area contributed by atoms with E-state index in [4.69, 9.17) is 10.8 Å². The van der Waals surface area contributed by atoms with Crippen LogP contribution in [0.25, 0.3) is 12.2 Å². The smallest absolute Gasteiger partial charge is 0.303 e. The Hall–Kier alpha value is -7.87. The largest absolute Gasteiger partial charge is 0.481 e. The molecule has 0 aliphatic heterocycles. The maximum atomic E-state index is 13.1. The molecule has 0 saturated heterocycles. The first-order valence-electron chi connectivity index (χ1n) is 28.7. The number of ketones is 2. The van der Waals surface area contributed by atoms with Gasteiger partial charge >= 0.3 is 5.97 Å². The highest BCUT2D eigenvalue weighted by Gasteiger charge is 2.26. The van der Waals surface area contributed by atoms with Gasteiger partial charge in [-0.25, -0.2) is 4.39 Å². The molecule has 7 rings (SSSR count). The Morgan fingerprint density at radius 2 is 0.975 bits per heavy atom. The SMILES string of the molecule is CCN(CC)c1ccc(C(=O)NC2CCc3cc(/C=C/C(=O)CCCCCCC(=O)Nc4ccc(F)cc4N)ccc32)cc1.CCN(CC)c1ccc(C(=O)NC2CCc3cc(/C=C/C(=O)CCCCCCC(=O)O)ccc32)cc1. The van der Waals surface area contributed by atoms with Crippen LogP contribution < -0.4 is 31.5 Å². The van der Waals surface area contributed by atoms with Gasteiger partial charge in [-0.1, -0.05) is 74.2 Å². The summed E-state index contributed by atoms with van der Waals surface area (Å²) in [6.07, 6.45) is 18.3. The number of amides is 3.